The molecule has 5 heteroatoms. The first kappa shape index (κ1) is 33.0. The number of carboxylic acids is 1. The first-order chi connectivity index (χ1) is 11.2. The van der Waals surface area contributed by atoms with E-state index in [9.17, 15) is 9.90 Å². The van der Waals surface area contributed by atoms with Crippen LogP contribution in [-0.4, -0.2) is 23.2 Å². The van der Waals surface area contributed by atoms with Gasteiger partial charge in [0.2, 0.25) is 0 Å². The minimum atomic E-state index is -0.903. The van der Waals surface area contributed by atoms with Crippen molar-refractivity contribution in [1.82, 2.24) is 0 Å². The minimum absolute atomic E-state index is 0. The fourth-order valence-electron chi connectivity index (χ4n) is 2.64. The first-order valence-corrected chi connectivity index (χ1v) is 9.99. The van der Waals surface area contributed by atoms with Crippen molar-refractivity contribution in [3.63, 3.8) is 0 Å². The molecule has 148 valence electrons. The summed E-state index contributed by atoms with van der Waals surface area (Å²) in [5.41, 5.74) is 0. The van der Waals surface area contributed by atoms with Gasteiger partial charge in [-0.05, 0) is 19.8 Å². The quantitative estimate of drug-likeness (QED) is 0.327. The van der Waals surface area contributed by atoms with E-state index in [-0.39, 0.29) is 48.1 Å². The Morgan fingerprint density at radius 3 is 1.16 bits per heavy atom. The predicted octanol–water partition coefficient (Wildman–Crippen LogP) is 1.18. The second-order valence-corrected chi connectivity index (χ2v) is 6.39. The van der Waals surface area contributed by atoms with Gasteiger partial charge >= 0.3 is 29.6 Å². The maximum Gasteiger partial charge on any atom is 1.00 e. The summed E-state index contributed by atoms with van der Waals surface area (Å²) in [4.78, 5) is 10.2. The van der Waals surface area contributed by atoms with E-state index in [2.05, 4.69) is 6.92 Å². The largest absolute Gasteiger partial charge is 1.00 e. The van der Waals surface area contributed by atoms with Crippen molar-refractivity contribution in [2.24, 2.45) is 0 Å². The zero-order chi connectivity index (χ0) is 17.6. The van der Waals surface area contributed by atoms with Crippen molar-refractivity contribution in [2.75, 3.05) is 6.61 Å². The molecule has 0 aromatic heterocycles. The average molecular weight is 371 g/mol. The Balaban J connectivity index is -0.000000409. The molecule has 0 aliphatic carbocycles. The number of carbonyl (C=O) groups is 1. The summed E-state index contributed by atoms with van der Waals surface area (Å²) in [5.74, 6) is -0.903. The van der Waals surface area contributed by atoms with Gasteiger partial charge in [0.05, 0.1) is 0 Å². The molecule has 0 spiro atoms. The fraction of sp³-hybridized carbons (Fsp3) is 0.950. The number of aliphatic hydroxyl groups excluding tert-OH is 1. The molecule has 4 nitrogen and oxygen atoms in total. The first-order valence-electron chi connectivity index (χ1n) is 9.99. The van der Waals surface area contributed by atoms with E-state index in [0.717, 1.165) is 12.8 Å². The molecule has 0 fully saturated rings. The number of rotatable bonds is 16. The number of hydrogen-bond donors (Lipinski definition) is 1. The van der Waals surface area contributed by atoms with Crippen molar-refractivity contribution in [3.8, 4) is 0 Å². The van der Waals surface area contributed by atoms with Crippen LogP contribution in [0.4, 0.5) is 0 Å². The van der Waals surface area contributed by atoms with Gasteiger partial charge in [0.25, 0.3) is 0 Å². The standard InChI is InChI=1S/C18H36O2.C2H6O.Na.H2O/c1-2-3-4-5-6-7-8-9-10-11-12-13-14-15-16-17-18(19)20;1-2-3;;/h2-17H2,1H3,(H,19,20);3H,2H2,1H3;;1H2/q;;+1;/p-1. The van der Waals surface area contributed by atoms with Crippen molar-refractivity contribution in [1.29, 1.82) is 0 Å². The van der Waals surface area contributed by atoms with Gasteiger partial charge in [-0.1, -0.05) is 96.8 Å². The maximum absolute atomic E-state index is 10.2. The zero-order valence-electron chi connectivity index (χ0n) is 17.3. The molecule has 0 saturated heterocycles. The number of carboxylic acid groups (broad SMARTS) is 1. The molecule has 0 radical (unpaired) electrons. The normalized spacial score (nSPS) is 9.40. The van der Waals surface area contributed by atoms with Crippen molar-refractivity contribution < 1.29 is 50.0 Å². The molecule has 0 amide bonds. The number of aliphatic hydroxyl groups is 1. The second-order valence-electron chi connectivity index (χ2n) is 6.39. The molecular formula is C20H43NaO4. The molecule has 0 aromatic rings. The molecule has 0 aromatic carbocycles. The monoisotopic (exact) mass is 370 g/mol. The zero-order valence-corrected chi connectivity index (χ0v) is 19.3. The summed E-state index contributed by atoms with van der Waals surface area (Å²) in [5, 5.41) is 17.8. The number of unbranched alkanes of at least 4 members (excludes halogenated alkanes) is 14. The molecule has 0 unspecified atom stereocenters. The van der Waals surface area contributed by atoms with E-state index >= 15 is 0 Å². The number of carbonyl (C=O) groups excluding carboxylic acids is 1. The molecule has 0 aliphatic heterocycles. The van der Waals surface area contributed by atoms with E-state index < -0.39 is 5.97 Å². The van der Waals surface area contributed by atoms with E-state index in [1.54, 1.807) is 6.92 Å². The number of aliphatic carboxylic acids is 1. The van der Waals surface area contributed by atoms with Crippen LogP contribution in [0, 0.1) is 0 Å². The second kappa shape index (κ2) is 32.1. The summed E-state index contributed by atoms with van der Waals surface area (Å²) in [6, 6.07) is 0. The molecule has 0 aliphatic rings. The Kier molecular flexibility index (Phi) is 42.4. The van der Waals surface area contributed by atoms with Gasteiger partial charge in [-0.3, -0.25) is 0 Å². The summed E-state index contributed by atoms with van der Waals surface area (Å²) in [6.07, 6.45) is 19.9. The minimum Gasteiger partial charge on any atom is -0.550 e. The van der Waals surface area contributed by atoms with E-state index in [0.29, 0.717) is 0 Å². The van der Waals surface area contributed by atoms with Crippen LogP contribution in [0.15, 0.2) is 0 Å². The van der Waals surface area contributed by atoms with Crippen LogP contribution in [0.2, 0.25) is 0 Å². The third-order valence-electron chi connectivity index (χ3n) is 3.98. The Hall–Kier alpha value is 0.390. The average Bonchev–Trinajstić information content (AvgIpc) is 2.51. The van der Waals surface area contributed by atoms with Gasteiger partial charge in [-0.25, -0.2) is 0 Å². The van der Waals surface area contributed by atoms with Crippen molar-refractivity contribution in [3.05, 3.63) is 0 Å². The summed E-state index contributed by atoms with van der Waals surface area (Å²) in [6.45, 7) is 4.20. The molecule has 0 atom stereocenters. The van der Waals surface area contributed by atoms with Crippen LogP contribution >= 0.6 is 0 Å². The van der Waals surface area contributed by atoms with E-state index in [1.165, 1.54) is 83.5 Å². The van der Waals surface area contributed by atoms with Crippen LogP contribution in [0.1, 0.15) is 117 Å². The Labute approximate surface area is 178 Å². The van der Waals surface area contributed by atoms with Crippen LogP contribution < -0.4 is 34.7 Å². The topological polar surface area (TPSA) is 91.9 Å². The van der Waals surface area contributed by atoms with Gasteiger partial charge in [0, 0.05) is 12.6 Å². The molecule has 0 heterocycles. The molecule has 3 N–H and O–H groups in total. The van der Waals surface area contributed by atoms with Gasteiger partial charge in [0.15, 0.2) is 0 Å². The Morgan fingerprint density at radius 2 is 0.920 bits per heavy atom. The SMILES string of the molecule is CCCCCCCCCCCCCCCCCC(=O)[O-].CCO.O.[Na+]. The van der Waals surface area contributed by atoms with Gasteiger partial charge in [0.1, 0.15) is 0 Å². The summed E-state index contributed by atoms with van der Waals surface area (Å²) in [7, 11) is 0. The van der Waals surface area contributed by atoms with Crippen LogP contribution in [0.5, 0.6) is 0 Å². The van der Waals surface area contributed by atoms with Crippen molar-refractivity contribution in [2.45, 2.75) is 117 Å². The van der Waals surface area contributed by atoms with Gasteiger partial charge in [-0.15, -0.1) is 0 Å². The molecule has 0 bridgehead atoms. The Bertz CT molecular complexity index is 226. The smallest absolute Gasteiger partial charge is 0.550 e. The van der Waals surface area contributed by atoms with Gasteiger partial charge < -0.3 is 20.5 Å². The van der Waals surface area contributed by atoms with Gasteiger partial charge in [-0.2, -0.15) is 0 Å². The predicted molar refractivity (Wildman–Crippen MR) is 101 cm³/mol. The van der Waals surface area contributed by atoms with Crippen LogP contribution in [-0.2, 0) is 4.79 Å². The fourth-order valence-corrected chi connectivity index (χ4v) is 2.64. The Morgan fingerprint density at radius 1 is 0.680 bits per heavy atom. The molecular weight excluding hydrogens is 327 g/mol. The molecule has 0 saturated carbocycles. The van der Waals surface area contributed by atoms with Crippen LogP contribution in [0.3, 0.4) is 0 Å². The number of hydrogen-bond acceptors (Lipinski definition) is 3. The summed E-state index contributed by atoms with van der Waals surface area (Å²) >= 11 is 0. The third kappa shape index (κ3) is 40.4. The summed E-state index contributed by atoms with van der Waals surface area (Å²) < 4.78 is 0. The van der Waals surface area contributed by atoms with E-state index in [1.807, 2.05) is 0 Å². The van der Waals surface area contributed by atoms with Crippen molar-refractivity contribution >= 4 is 5.97 Å². The molecule has 25 heavy (non-hydrogen) atoms. The van der Waals surface area contributed by atoms with E-state index in [4.69, 9.17) is 5.11 Å². The maximum atomic E-state index is 10.2. The van der Waals surface area contributed by atoms with Crippen LogP contribution in [0.25, 0.3) is 0 Å². The third-order valence-corrected chi connectivity index (χ3v) is 3.98. The molecule has 0 rings (SSSR count).